The number of nitrogens with zero attached hydrogens (tertiary/aromatic N) is 6. The normalized spacial score (nSPS) is 26.6. The van der Waals surface area contributed by atoms with Crippen molar-refractivity contribution in [2.45, 2.75) is 63.7 Å². The lowest BCUT2D eigenvalue weighted by Crippen LogP contribution is -2.42. The second-order valence-electron chi connectivity index (χ2n) is 12.3. The molecule has 3 aromatic heterocycles. The van der Waals surface area contributed by atoms with Crippen LogP contribution in [-0.4, -0.2) is 79.6 Å². The minimum absolute atomic E-state index is 0.0372. The summed E-state index contributed by atoms with van der Waals surface area (Å²) in [5.74, 6) is -0.296. The predicted molar refractivity (Wildman–Crippen MR) is 165 cm³/mol. The van der Waals surface area contributed by atoms with Gasteiger partial charge in [0.05, 0.1) is 28.6 Å². The molecular formula is C32H31ClF2N6O5. The lowest BCUT2D eigenvalue weighted by Gasteiger charge is -2.38. The van der Waals surface area contributed by atoms with Gasteiger partial charge in [-0.15, -0.1) is 0 Å². The standard InChI is InChI=1S/C32H31ClF2N6O5/c1-15-13-39(16(2)42)11-10-21(15)41-25-19(33)7-5-8-20(25)36-32(41)44-17-12-22(26-31(43)46-26)40(14-17)30-27-24(37-29(38-30)28(34)35)18-6-3-4-9-23(18)45-27/h3-9,15,17,21-22,26,28,31,43H,10-14H2,1-2H3/t15-,17-,21-,22-,26?,31?/m0/s1. The number of alkyl halides is 2. The van der Waals surface area contributed by atoms with E-state index in [1.54, 1.807) is 31.2 Å². The largest absolute Gasteiger partial charge is 0.459 e. The number of carbonyl (C=O) groups is 1. The average Bonchev–Trinajstić information content (AvgIpc) is 3.33. The number of furan rings is 1. The molecule has 0 radical (unpaired) electrons. The Kier molecular flexibility index (Phi) is 7.03. The van der Waals surface area contributed by atoms with Crippen molar-refractivity contribution in [3.05, 3.63) is 53.3 Å². The number of carbonyl (C=O) groups excluding carboxylic acids is 1. The van der Waals surface area contributed by atoms with Crippen LogP contribution in [0.4, 0.5) is 14.6 Å². The van der Waals surface area contributed by atoms with E-state index in [2.05, 4.69) is 16.9 Å². The molecule has 0 spiro atoms. The summed E-state index contributed by atoms with van der Waals surface area (Å²) in [5, 5.41) is 11.4. The fourth-order valence-corrected chi connectivity index (χ4v) is 7.44. The summed E-state index contributed by atoms with van der Waals surface area (Å²) in [7, 11) is 0. The molecule has 5 aromatic rings. The summed E-state index contributed by atoms with van der Waals surface area (Å²) in [6.07, 6.45) is -3.86. The number of aliphatic hydroxyl groups is 1. The first-order valence-electron chi connectivity index (χ1n) is 15.3. The van der Waals surface area contributed by atoms with Gasteiger partial charge in [-0.3, -0.25) is 9.36 Å². The molecule has 240 valence electrons. The van der Waals surface area contributed by atoms with Gasteiger partial charge in [-0.2, -0.15) is 4.98 Å². The van der Waals surface area contributed by atoms with Gasteiger partial charge in [-0.05, 0) is 36.6 Å². The Morgan fingerprint density at radius 3 is 2.65 bits per heavy atom. The first kappa shape index (κ1) is 29.3. The van der Waals surface area contributed by atoms with Gasteiger partial charge in [0.25, 0.3) is 12.4 Å². The van der Waals surface area contributed by atoms with E-state index in [-0.39, 0.29) is 35.8 Å². The number of amides is 1. The van der Waals surface area contributed by atoms with Crippen LogP contribution in [0, 0.1) is 5.92 Å². The third-order valence-electron chi connectivity index (χ3n) is 9.41. The van der Waals surface area contributed by atoms with Crippen LogP contribution in [0.1, 0.15) is 45.0 Å². The third kappa shape index (κ3) is 4.83. The van der Waals surface area contributed by atoms with Crippen molar-refractivity contribution in [1.29, 1.82) is 0 Å². The van der Waals surface area contributed by atoms with E-state index in [0.717, 1.165) is 5.52 Å². The molecule has 3 fully saturated rings. The number of epoxide rings is 1. The van der Waals surface area contributed by atoms with Gasteiger partial charge in [0.1, 0.15) is 23.3 Å². The Hall–Kier alpha value is -4.07. The van der Waals surface area contributed by atoms with Crippen molar-refractivity contribution in [2.75, 3.05) is 24.5 Å². The van der Waals surface area contributed by atoms with Crippen LogP contribution < -0.4 is 9.64 Å². The van der Waals surface area contributed by atoms with Crippen molar-refractivity contribution in [2.24, 2.45) is 5.92 Å². The Balaban J connectivity index is 1.18. The van der Waals surface area contributed by atoms with Gasteiger partial charge in [0, 0.05) is 37.9 Å². The van der Waals surface area contributed by atoms with Crippen LogP contribution in [0.2, 0.25) is 5.02 Å². The van der Waals surface area contributed by atoms with Gasteiger partial charge in [0.2, 0.25) is 5.91 Å². The fraction of sp³-hybridized carbons (Fsp3) is 0.438. The second-order valence-corrected chi connectivity index (χ2v) is 12.7. The molecule has 2 aromatic carbocycles. The maximum Gasteiger partial charge on any atom is 0.298 e. The molecule has 6 heterocycles. The zero-order valence-electron chi connectivity index (χ0n) is 25.0. The van der Waals surface area contributed by atoms with Gasteiger partial charge in [0.15, 0.2) is 23.5 Å². The minimum Gasteiger partial charge on any atom is -0.459 e. The molecular weight excluding hydrogens is 622 g/mol. The van der Waals surface area contributed by atoms with E-state index < -0.39 is 36.8 Å². The number of halogens is 3. The number of hydrogen-bond donors (Lipinski definition) is 1. The van der Waals surface area contributed by atoms with E-state index in [1.807, 2.05) is 32.6 Å². The Bertz CT molecular complexity index is 1990. The van der Waals surface area contributed by atoms with Crippen LogP contribution in [0.15, 0.2) is 46.9 Å². The van der Waals surface area contributed by atoms with Crippen molar-refractivity contribution in [3.8, 4) is 6.01 Å². The number of fused-ring (bicyclic) bond motifs is 4. The number of piperidine rings is 1. The highest BCUT2D eigenvalue weighted by Crippen LogP contribution is 2.43. The number of aliphatic hydroxyl groups excluding tert-OH is 1. The quantitative estimate of drug-likeness (QED) is 0.237. The molecule has 6 atom stereocenters. The van der Waals surface area contributed by atoms with Crippen LogP contribution in [0.3, 0.4) is 0 Å². The van der Waals surface area contributed by atoms with Gasteiger partial charge < -0.3 is 28.8 Å². The molecule has 46 heavy (non-hydrogen) atoms. The predicted octanol–water partition coefficient (Wildman–Crippen LogP) is 5.49. The molecule has 2 unspecified atom stereocenters. The van der Waals surface area contributed by atoms with Crippen LogP contribution in [-0.2, 0) is 9.53 Å². The van der Waals surface area contributed by atoms with Gasteiger partial charge >= 0.3 is 0 Å². The molecule has 3 saturated heterocycles. The summed E-state index contributed by atoms with van der Waals surface area (Å²) in [6, 6.07) is 12.5. The SMILES string of the molecule is CC(=O)N1CC[C@H](n2c(O[C@H]3C[C@@H](C4OC4O)N(c4nc(C(F)F)nc5c4oc4ccccc45)C3)nc3cccc(Cl)c32)[C@@H](C)C1. The molecule has 8 rings (SSSR count). The van der Waals surface area contributed by atoms with E-state index >= 15 is 0 Å². The van der Waals surface area contributed by atoms with Crippen molar-refractivity contribution in [3.63, 3.8) is 0 Å². The van der Waals surface area contributed by atoms with Crippen molar-refractivity contribution < 1.29 is 32.6 Å². The monoisotopic (exact) mass is 652 g/mol. The molecule has 1 N–H and O–H groups in total. The summed E-state index contributed by atoms with van der Waals surface area (Å²) in [4.78, 5) is 29.1. The van der Waals surface area contributed by atoms with E-state index in [4.69, 9.17) is 30.5 Å². The molecule has 1 amide bonds. The third-order valence-corrected chi connectivity index (χ3v) is 9.71. The molecule has 11 nitrogen and oxygen atoms in total. The molecule has 3 aliphatic heterocycles. The maximum absolute atomic E-state index is 14.1. The number of rotatable bonds is 6. The zero-order chi connectivity index (χ0) is 31.9. The van der Waals surface area contributed by atoms with Crippen LogP contribution >= 0.6 is 11.6 Å². The highest BCUT2D eigenvalue weighted by molar-refractivity contribution is 6.35. The lowest BCUT2D eigenvalue weighted by atomic mass is 9.93. The maximum atomic E-state index is 14.1. The van der Waals surface area contributed by atoms with E-state index in [0.29, 0.717) is 59.0 Å². The number of hydrogen-bond acceptors (Lipinski definition) is 9. The molecule has 0 bridgehead atoms. The van der Waals surface area contributed by atoms with E-state index in [1.165, 1.54) is 0 Å². The van der Waals surface area contributed by atoms with Crippen molar-refractivity contribution in [1.82, 2.24) is 24.4 Å². The van der Waals surface area contributed by atoms with Gasteiger partial charge in [-0.1, -0.05) is 36.7 Å². The number of aromatic nitrogens is 4. The van der Waals surface area contributed by atoms with Crippen molar-refractivity contribution >= 4 is 56.4 Å². The van der Waals surface area contributed by atoms with Crippen LogP contribution in [0.25, 0.3) is 33.1 Å². The molecule has 14 heteroatoms. The number of ether oxygens (including phenoxy) is 2. The Morgan fingerprint density at radius 1 is 1.11 bits per heavy atom. The molecule has 0 aliphatic carbocycles. The van der Waals surface area contributed by atoms with Gasteiger partial charge in [-0.25, -0.2) is 18.7 Å². The Labute approximate surface area is 266 Å². The van der Waals surface area contributed by atoms with E-state index in [9.17, 15) is 18.7 Å². The summed E-state index contributed by atoms with van der Waals surface area (Å²) in [5.41, 5.74) is 2.50. The Morgan fingerprint density at radius 2 is 1.91 bits per heavy atom. The summed E-state index contributed by atoms with van der Waals surface area (Å²) < 4.78 is 48.6. The number of imidazole rings is 1. The summed E-state index contributed by atoms with van der Waals surface area (Å²) in [6.45, 7) is 5.10. The highest BCUT2D eigenvalue weighted by Gasteiger charge is 2.52. The van der Waals surface area contributed by atoms with Crippen LogP contribution in [0.5, 0.6) is 6.01 Å². The number of anilines is 1. The fourth-order valence-electron chi connectivity index (χ4n) is 7.18. The number of likely N-dealkylation sites (tertiary alicyclic amines) is 1. The first-order valence-corrected chi connectivity index (χ1v) is 15.7. The minimum atomic E-state index is -2.91. The molecule has 3 aliphatic rings. The smallest absolute Gasteiger partial charge is 0.298 e. The highest BCUT2D eigenvalue weighted by atomic mass is 35.5. The number of benzene rings is 2. The topological polar surface area (TPSA) is 122 Å². The lowest BCUT2D eigenvalue weighted by molar-refractivity contribution is -0.131. The first-order chi connectivity index (χ1) is 22.2. The summed E-state index contributed by atoms with van der Waals surface area (Å²) >= 11 is 6.74. The second kappa shape index (κ2) is 11.0. The molecule has 0 saturated carbocycles. The number of para-hydroxylation sites is 2. The zero-order valence-corrected chi connectivity index (χ0v) is 25.8. The average molecular weight is 653 g/mol.